The lowest BCUT2D eigenvalue weighted by molar-refractivity contribution is 0.601. The Morgan fingerprint density at radius 3 is 2.57 bits per heavy atom. The van der Waals surface area contributed by atoms with Crippen LogP contribution in [0.1, 0.15) is 0 Å². The third kappa shape index (κ3) is 3.43. The largest absolute Gasteiger partial charge is 0.329 e. The van der Waals surface area contributed by atoms with Crippen LogP contribution in [-0.4, -0.2) is 20.7 Å². The van der Waals surface area contributed by atoms with Crippen LogP contribution in [0.25, 0.3) is 0 Å². The Balaban J connectivity index is 2.84. The molecule has 0 aliphatic carbocycles. The van der Waals surface area contributed by atoms with Gasteiger partial charge in [-0.25, -0.2) is 8.42 Å². The summed E-state index contributed by atoms with van der Waals surface area (Å²) in [5, 5.41) is 0. The van der Waals surface area contributed by atoms with E-state index in [0.717, 1.165) is 3.57 Å². The molecule has 0 aliphatic rings. The number of nitrogens with two attached hydrogens (primary N) is 1. The molecule has 1 rings (SSSR count). The third-order valence-electron chi connectivity index (χ3n) is 1.53. The molecule has 0 atom stereocenters. The zero-order valence-corrected chi connectivity index (χ0v) is 10.4. The van der Waals surface area contributed by atoms with E-state index in [1.165, 1.54) is 0 Å². The van der Waals surface area contributed by atoms with Gasteiger partial charge in [0.15, 0.2) is 0 Å². The lowest BCUT2D eigenvalue weighted by Crippen LogP contribution is -2.22. The van der Waals surface area contributed by atoms with Gasteiger partial charge in [-0.15, -0.1) is 0 Å². The molecule has 4 nitrogen and oxygen atoms in total. The second kappa shape index (κ2) is 4.94. The van der Waals surface area contributed by atoms with Gasteiger partial charge in [-0.3, -0.25) is 4.72 Å². The van der Waals surface area contributed by atoms with Crippen molar-refractivity contribution < 1.29 is 8.42 Å². The van der Waals surface area contributed by atoms with Gasteiger partial charge in [-0.1, -0.05) is 12.1 Å². The first-order chi connectivity index (χ1) is 6.55. The fourth-order valence-electron chi connectivity index (χ4n) is 0.918. The van der Waals surface area contributed by atoms with E-state index in [-0.39, 0.29) is 12.3 Å². The lowest BCUT2D eigenvalue weighted by Gasteiger charge is -2.08. The molecule has 14 heavy (non-hydrogen) atoms. The zero-order valence-electron chi connectivity index (χ0n) is 7.40. The van der Waals surface area contributed by atoms with E-state index in [1.54, 1.807) is 12.1 Å². The Morgan fingerprint density at radius 1 is 1.36 bits per heavy atom. The van der Waals surface area contributed by atoms with E-state index in [2.05, 4.69) is 27.3 Å². The summed E-state index contributed by atoms with van der Waals surface area (Å²) >= 11 is 2.07. The van der Waals surface area contributed by atoms with Gasteiger partial charge < -0.3 is 5.73 Å². The van der Waals surface area contributed by atoms with Gasteiger partial charge in [-0.05, 0) is 34.7 Å². The fourth-order valence-corrected chi connectivity index (χ4v) is 2.55. The predicted octanol–water partition coefficient (Wildman–Crippen LogP) is 0.992. The summed E-state index contributed by atoms with van der Waals surface area (Å²) < 4.78 is 26.1. The Bertz CT molecular complexity index is 406. The minimum Gasteiger partial charge on any atom is -0.329 e. The average Bonchev–Trinajstić information content (AvgIpc) is 2.08. The van der Waals surface area contributed by atoms with Crippen molar-refractivity contribution in [3.63, 3.8) is 0 Å². The second-order valence-corrected chi connectivity index (χ2v) is 5.69. The molecular formula is C8H11IN2O2S. The molecule has 6 heteroatoms. The van der Waals surface area contributed by atoms with Crippen molar-refractivity contribution >= 4 is 38.3 Å². The van der Waals surface area contributed by atoms with Crippen LogP contribution in [0, 0.1) is 3.57 Å². The first-order valence-corrected chi connectivity index (χ1v) is 6.73. The maximum atomic E-state index is 11.4. The zero-order chi connectivity index (χ0) is 10.6. The van der Waals surface area contributed by atoms with Crippen molar-refractivity contribution in [1.29, 1.82) is 0 Å². The van der Waals surface area contributed by atoms with Crippen molar-refractivity contribution in [3.05, 3.63) is 27.8 Å². The molecule has 3 N–H and O–H groups in total. The molecule has 0 spiro atoms. The number of hydrogen-bond acceptors (Lipinski definition) is 3. The fraction of sp³-hybridized carbons (Fsp3) is 0.250. The summed E-state index contributed by atoms with van der Waals surface area (Å²) in [7, 11) is -3.29. The van der Waals surface area contributed by atoms with E-state index in [1.807, 2.05) is 12.1 Å². The first-order valence-electron chi connectivity index (χ1n) is 4.00. The molecule has 0 aromatic heterocycles. The molecule has 1 aromatic carbocycles. The summed E-state index contributed by atoms with van der Waals surface area (Å²) in [5.74, 6) is -0.0576. The number of halogens is 1. The number of sulfonamides is 1. The summed E-state index contributed by atoms with van der Waals surface area (Å²) in [5.41, 5.74) is 5.78. The number of hydrogen-bond donors (Lipinski definition) is 2. The highest BCUT2D eigenvalue weighted by atomic mass is 127. The van der Waals surface area contributed by atoms with E-state index in [4.69, 9.17) is 5.73 Å². The highest BCUT2D eigenvalue weighted by Gasteiger charge is 2.09. The predicted molar refractivity (Wildman–Crippen MR) is 65.6 cm³/mol. The standard InChI is InChI=1S/C8H11IN2O2S/c9-7-3-1-2-4-8(7)11-14(12,13)6-5-10/h1-4,11H,5-6,10H2. The van der Waals surface area contributed by atoms with Crippen LogP contribution in [0.3, 0.4) is 0 Å². The minimum atomic E-state index is -3.29. The van der Waals surface area contributed by atoms with Crippen molar-refractivity contribution in [3.8, 4) is 0 Å². The van der Waals surface area contributed by atoms with Crippen LogP contribution in [0.2, 0.25) is 0 Å². The maximum absolute atomic E-state index is 11.4. The van der Waals surface area contributed by atoms with E-state index in [9.17, 15) is 8.42 Å². The van der Waals surface area contributed by atoms with Crippen molar-refractivity contribution in [2.45, 2.75) is 0 Å². The van der Waals surface area contributed by atoms with Crippen LogP contribution >= 0.6 is 22.6 Å². The molecule has 0 heterocycles. The van der Waals surface area contributed by atoms with Gasteiger partial charge in [0.05, 0.1) is 11.4 Å². The number of rotatable bonds is 4. The summed E-state index contributed by atoms with van der Waals surface area (Å²) in [6.45, 7) is 0.124. The molecule has 0 fully saturated rings. The van der Waals surface area contributed by atoms with Gasteiger partial charge in [0, 0.05) is 10.1 Å². The summed E-state index contributed by atoms with van der Waals surface area (Å²) in [4.78, 5) is 0. The molecule has 1 aromatic rings. The SMILES string of the molecule is NCCS(=O)(=O)Nc1ccccc1I. The van der Waals surface area contributed by atoms with E-state index in [0.29, 0.717) is 5.69 Å². The molecule has 0 unspecified atom stereocenters. The maximum Gasteiger partial charge on any atom is 0.234 e. The first kappa shape index (κ1) is 11.7. The Morgan fingerprint density at radius 2 is 2.00 bits per heavy atom. The van der Waals surface area contributed by atoms with Crippen molar-refractivity contribution in [2.24, 2.45) is 5.73 Å². The van der Waals surface area contributed by atoms with Gasteiger partial charge in [-0.2, -0.15) is 0 Å². The topological polar surface area (TPSA) is 72.2 Å². The van der Waals surface area contributed by atoms with Crippen molar-refractivity contribution in [2.75, 3.05) is 17.0 Å². The monoisotopic (exact) mass is 326 g/mol. The lowest BCUT2D eigenvalue weighted by atomic mass is 10.3. The minimum absolute atomic E-state index is 0.0576. The van der Waals surface area contributed by atoms with Gasteiger partial charge in [0.1, 0.15) is 0 Å². The Hall–Kier alpha value is -0.340. The molecule has 0 saturated heterocycles. The molecule has 0 saturated carbocycles. The smallest absolute Gasteiger partial charge is 0.234 e. The number of benzene rings is 1. The van der Waals surface area contributed by atoms with Crippen LogP contribution in [0.4, 0.5) is 5.69 Å². The molecular weight excluding hydrogens is 315 g/mol. The quantitative estimate of drug-likeness (QED) is 0.811. The molecule has 0 bridgehead atoms. The van der Waals surface area contributed by atoms with Crippen LogP contribution in [0.15, 0.2) is 24.3 Å². The molecule has 0 radical (unpaired) electrons. The highest BCUT2D eigenvalue weighted by molar-refractivity contribution is 14.1. The molecule has 78 valence electrons. The van der Waals surface area contributed by atoms with Gasteiger partial charge >= 0.3 is 0 Å². The van der Waals surface area contributed by atoms with Gasteiger partial charge in [0.25, 0.3) is 0 Å². The van der Waals surface area contributed by atoms with Crippen molar-refractivity contribution in [1.82, 2.24) is 0 Å². The van der Waals surface area contributed by atoms with E-state index >= 15 is 0 Å². The molecule has 0 amide bonds. The Labute approximate surface area is 97.1 Å². The average molecular weight is 326 g/mol. The molecule has 0 aliphatic heterocycles. The highest BCUT2D eigenvalue weighted by Crippen LogP contribution is 2.18. The normalized spacial score (nSPS) is 11.3. The number of nitrogens with one attached hydrogen (secondary N) is 1. The third-order valence-corrected chi connectivity index (χ3v) is 3.77. The second-order valence-electron chi connectivity index (χ2n) is 2.69. The number of anilines is 1. The van der Waals surface area contributed by atoms with E-state index < -0.39 is 10.0 Å². The van der Waals surface area contributed by atoms with Crippen LogP contribution in [-0.2, 0) is 10.0 Å². The Kier molecular flexibility index (Phi) is 4.14. The summed E-state index contributed by atoms with van der Waals surface area (Å²) in [6, 6.07) is 7.18. The van der Waals surface area contributed by atoms with Crippen LogP contribution < -0.4 is 10.5 Å². The van der Waals surface area contributed by atoms with Crippen LogP contribution in [0.5, 0.6) is 0 Å². The van der Waals surface area contributed by atoms with Gasteiger partial charge in [0.2, 0.25) is 10.0 Å². The number of para-hydroxylation sites is 1. The summed E-state index contributed by atoms with van der Waals surface area (Å²) in [6.07, 6.45) is 0.